The molecule has 0 bridgehead atoms. The summed E-state index contributed by atoms with van der Waals surface area (Å²) in [5.74, 6) is -1.84. The van der Waals surface area contributed by atoms with E-state index in [0.29, 0.717) is 25.3 Å². The van der Waals surface area contributed by atoms with Crippen LogP contribution in [0, 0.1) is 11.3 Å². The lowest BCUT2D eigenvalue weighted by molar-refractivity contribution is -0.142. The Hall–Kier alpha value is -4.73. The van der Waals surface area contributed by atoms with E-state index in [4.69, 9.17) is 9.47 Å². The van der Waals surface area contributed by atoms with Gasteiger partial charge in [-0.05, 0) is 42.2 Å². The summed E-state index contributed by atoms with van der Waals surface area (Å²) in [7, 11) is -2.70. The third-order valence-electron chi connectivity index (χ3n) is 9.98. The molecule has 5 unspecified atom stereocenters. The molecule has 1 aromatic heterocycles. The standard InChI is InChI=1S/C35H45N7O8S/c1-6-23-18-35(23,31(45)40-51(47,48)25-11-12-25)39-29(43)26-17-24(20-42(26)30(44)28(34(2,3)4)38-33(46)49-5)50-27-13-15-36-32(37-27)41-16-14-21-9-7-8-10-22(21)19-41/h6-10,13,15,23-26,28H,1,11-12,14,16-20H2,2-5H3,(H,38,46)(H,39,43)(H,40,45). The van der Waals surface area contributed by atoms with Gasteiger partial charge in [0.2, 0.25) is 33.7 Å². The Bertz CT molecular complexity index is 1830. The lowest BCUT2D eigenvalue weighted by atomic mass is 9.85. The molecule has 3 N–H and O–H groups in total. The lowest BCUT2D eigenvalue weighted by Gasteiger charge is -2.35. The normalized spacial score (nSPS) is 24.8. The van der Waals surface area contributed by atoms with Gasteiger partial charge >= 0.3 is 6.09 Å². The number of amides is 4. The second-order valence-electron chi connectivity index (χ2n) is 14.7. The van der Waals surface area contributed by atoms with E-state index in [1.807, 2.05) is 12.1 Å². The van der Waals surface area contributed by atoms with Crippen LogP contribution in [0.3, 0.4) is 0 Å². The molecule has 5 atom stereocenters. The van der Waals surface area contributed by atoms with Crippen LogP contribution in [0.4, 0.5) is 10.7 Å². The van der Waals surface area contributed by atoms with Gasteiger partial charge in [0, 0.05) is 37.7 Å². The maximum Gasteiger partial charge on any atom is 0.407 e. The molecule has 0 radical (unpaired) electrons. The van der Waals surface area contributed by atoms with Gasteiger partial charge in [0.15, 0.2) is 0 Å². The van der Waals surface area contributed by atoms with Crippen molar-refractivity contribution >= 4 is 39.8 Å². The summed E-state index contributed by atoms with van der Waals surface area (Å²) in [6.45, 7) is 10.4. The zero-order valence-corrected chi connectivity index (χ0v) is 30.1. The number of carbonyl (C=O) groups is 4. The number of ether oxygens (including phenoxy) is 2. The first-order valence-electron chi connectivity index (χ1n) is 17.1. The molecule has 16 heteroatoms. The van der Waals surface area contributed by atoms with Crippen LogP contribution in [0.2, 0.25) is 0 Å². The summed E-state index contributed by atoms with van der Waals surface area (Å²) in [6, 6.07) is 7.60. The molecule has 15 nitrogen and oxygen atoms in total. The summed E-state index contributed by atoms with van der Waals surface area (Å²) >= 11 is 0. The number of hydrogen-bond acceptors (Lipinski definition) is 11. The molecule has 1 aromatic carbocycles. The van der Waals surface area contributed by atoms with Crippen LogP contribution in [0.5, 0.6) is 5.88 Å². The van der Waals surface area contributed by atoms with Gasteiger partial charge in [-0.2, -0.15) is 4.98 Å². The van der Waals surface area contributed by atoms with Gasteiger partial charge in [-0.1, -0.05) is 51.1 Å². The van der Waals surface area contributed by atoms with E-state index in [2.05, 4.69) is 48.9 Å². The Kier molecular flexibility index (Phi) is 9.74. The van der Waals surface area contributed by atoms with E-state index in [0.717, 1.165) is 13.0 Å². The van der Waals surface area contributed by atoms with Crippen LogP contribution in [0.15, 0.2) is 49.2 Å². The van der Waals surface area contributed by atoms with Crippen molar-refractivity contribution in [3.63, 3.8) is 0 Å². The summed E-state index contributed by atoms with van der Waals surface area (Å²) in [6.07, 6.45) is 3.51. The third kappa shape index (κ3) is 7.65. The Morgan fingerprint density at radius 2 is 1.84 bits per heavy atom. The number of nitrogens with one attached hydrogen (secondary N) is 3. The molecule has 4 aliphatic rings. The molecule has 3 fully saturated rings. The number of rotatable bonds is 11. The van der Waals surface area contributed by atoms with Crippen molar-refractivity contribution in [2.45, 2.75) is 88.4 Å². The van der Waals surface area contributed by atoms with Gasteiger partial charge in [0.05, 0.1) is 18.9 Å². The van der Waals surface area contributed by atoms with Crippen LogP contribution in [0.25, 0.3) is 0 Å². The summed E-state index contributed by atoms with van der Waals surface area (Å²) in [5.41, 5.74) is 0.141. The average Bonchev–Trinajstić information content (AvgIpc) is 4.03. The first-order valence-corrected chi connectivity index (χ1v) is 18.7. The number of methoxy groups -OCH3 is 1. The molecule has 274 valence electrons. The third-order valence-corrected chi connectivity index (χ3v) is 11.8. The maximum absolute atomic E-state index is 14.2. The van der Waals surface area contributed by atoms with Crippen molar-refractivity contribution < 1.29 is 37.1 Å². The van der Waals surface area contributed by atoms with Crippen LogP contribution >= 0.6 is 0 Å². The highest BCUT2D eigenvalue weighted by molar-refractivity contribution is 7.91. The molecule has 2 aliphatic heterocycles. The Balaban J connectivity index is 1.23. The number of alkyl carbamates (subject to hydrolysis) is 1. The number of fused-ring (bicyclic) bond motifs is 1. The zero-order chi connectivity index (χ0) is 36.7. The summed E-state index contributed by atoms with van der Waals surface area (Å²) in [5, 5.41) is 4.73. The SMILES string of the molecule is C=CC1CC1(NC(=O)C1CC(Oc2ccnc(N3CCc4ccccc4C3)n2)CN1C(=O)C(NC(=O)OC)C(C)(C)C)C(=O)NS(=O)(=O)C1CC1. The van der Waals surface area contributed by atoms with E-state index < -0.39 is 74.1 Å². The molecule has 4 amide bonds. The predicted octanol–water partition coefficient (Wildman–Crippen LogP) is 1.83. The topological polar surface area (TPSA) is 189 Å². The highest BCUT2D eigenvalue weighted by Gasteiger charge is 2.62. The van der Waals surface area contributed by atoms with E-state index in [-0.39, 0.29) is 25.3 Å². The molecule has 0 spiro atoms. The minimum absolute atomic E-state index is 0.0277. The highest BCUT2D eigenvalue weighted by atomic mass is 32.2. The number of aromatic nitrogens is 2. The summed E-state index contributed by atoms with van der Waals surface area (Å²) < 4.78 is 38.5. The Morgan fingerprint density at radius 3 is 2.49 bits per heavy atom. The summed E-state index contributed by atoms with van der Waals surface area (Å²) in [4.78, 5) is 66.6. The van der Waals surface area contributed by atoms with E-state index in [9.17, 15) is 27.6 Å². The van der Waals surface area contributed by atoms with E-state index in [1.54, 1.807) is 33.0 Å². The van der Waals surface area contributed by atoms with Gasteiger partial charge in [0.1, 0.15) is 23.7 Å². The van der Waals surface area contributed by atoms with Crippen LogP contribution in [-0.4, -0.2) is 96.3 Å². The number of hydrogen-bond donors (Lipinski definition) is 3. The van der Waals surface area contributed by atoms with Crippen LogP contribution in [0.1, 0.15) is 57.6 Å². The fourth-order valence-corrected chi connectivity index (χ4v) is 8.14. The van der Waals surface area contributed by atoms with E-state index >= 15 is 0 Å². The van der Waals surface area contributed by atoms with Crippen molar-refractivity contribution in [2.24, 2.45) is 11.3 Å². The van der Waals surface area contributed by atoms with Gasteiger partial charge in [-0.25, -0.2) is 18.2 Å². The minimum Gasteiger partial charge on any atom is -0.472 e. The number of carbonyl (C=O) groups excluding carboxylic acids is 4. The molecular weight excluding hydrogens is 678 g/mol. The average molecular weight is 724 g/mol. The first kappa shape index (κ1) is 36.1. The van der Waals surface area contributed by atoms with Gasteiger partial charge in [0.25, 0.3) is 5.91 Å². The van der Waals surface area contributed by atoms with Gasteiger partial charge in [-0.3, -0.25) is 19.1 Å². The smallest absolute Gasteiger partial charge is 0.407 e. The first-order chi connectivity index (χ1) is 24.1. The highest BCUT2D eigenvalue weighted by Crippen LogP contribution is 2.45. The number of nitrogens with zero attached hydrogens (tertiary/aromatic N) is 4. The van der Waals surface area contributed by atoms with Crippen molar-refractivity contribution in [3.8, 4) is 5.88 Å². The number of sulfonamides is 1. The molecular formula is C35H45N7O8S. The monoisotopic (exact) mass is 723 g/mol. The molecule has 51 heavy (non-hydrogen) atoms. The second kappa shape index (κ2) is 13.8. The quantitative estimate of drug-likeness (QED) is 0.287. The molecule has 2 saturated carbocycles. The molecule has 2 aliphatic carbocycles. The zero-order valence-electron chi connectivity index (χ0n) is 29.3. The Labute approximate surface area is 297 Å². The number of anilines is 1. The number of benzene rings is 1. The van der Waals surface area contributed by atoms with Crippen molar-refractivity contribution in [1.29, 1.82) is 0 Å². The fourth-order valence-electron chi connectivity index (χ4n) is 6.77. The number of likely N-dealkylation sites (tertiary alicyclic amines) is 1. The molecule has 6 rings (SSSR count). The van der Waals surface area contributed by atoms with Crippen molar-refractivity contribution in [1.82, 2.24) is 30.2 Å². The van der Waals surface area contributed by atoms with Gasteiger partial charge in [-0.15, -0.1) is 6.58 Å². The van der Waals surface area contributed by atoms with Crippen LogP contribution in [-0.2, 0) is 42.1 Å². The lowest BCUT2D eigenvalue weighted by Crippen LogP contribution is -2.60. The molecule has 3 heterocycles. The minimum atomic E-state index is -3.89. The predicted molar refractivity (Wildman–Crippen MR) is 186 cm³/mol. The Morgan fingerprint density at radius 1 is 1.12 bits per heavy atom. The largest absolute Gasteiger partial charge is 0.472 e. The molecule has 1 saturated heterocycles. The second-order valence-corrected chi connectivity index (χ2v) is 16.7. The molecule has 2 aromatic rings. The maximum atomic E-state index is 14.2. The van der Waals surface area contributed by atoms with E-state index in [1.165, 1.54) is 29.2 Å². The van der Waals surface area contributed by atoms with Crippen LogP contribution < -0.4 is 25.0 Å². The fraction of sp³-hybridized carbons (Fsp3) is 0.543. The van der Waals surface area contributed by atoms with Gasteiger partial charge < -0.3 is 29.9 Å². The van der Waals surface area contributed by atoms with Crippen molar-refractivity contribution in [3.05, 3.63) is 60.3 Å². The van der Waals surface area contributed by atoms with Crippen molar-refractivity contribution in [2.75, 3.05) is 25.1 Å².